The normalized spacial score (nSPS) is 11.6. The van der Waals surface area contributed by atoms with Gasteiger partial charge in [-0.1, -0.05) is 0 Å². The summed E-state index contributed by atoms with van der Waals surface area (Å²) in [5.41, 5.74) is 6.60. The van der Waals surface area contributed by atoms with E-state index < -0.39 is 10.0 Å². The molecule has 0 amide bonds. The van der Waals surface area contributed by atoms with Crippen LogP contribution in [0.5, 0.6) is 0 Å². The molecule has 0 spiro atoms. The average Bonchev–Trinajstić information content (AvgIpc) is 2.84. The van der Waals surface area contributed by atoms with Crippen LogP contribution in [0.4, 0.5) is 11.5 Å². The largest absolute Gasteiger partial charge is 0.394 e. The number of anilines is 2. The summed E-state index contributed by atoms with van der Waals surface area (Å²) >= 11 is 0. The van der Waals surface area contributed by atoms with Crippen LogP contribution in [0.3, 0.4) is 0 Å². The molecule has 2 aromatic rings. The van der Waals surface area contributed by atoms with Crippen molar-refractivity contribution in [3.63, 3.8) is 0 Å². The predicted molar refractivity (Wildman–Crippen MR) is 61.8 cm³/mol. The Kier molecular flexibility index (Phi) is 2.54. The monoisotopic (exact) mass is 256 g/mol. The number of nitrogen functional groups attached to an aromatic ring is 1. The minimum absolute atomic E-state index is 0.0377. The van der Waals surface area contributed by atoms with Gasteiger partial charge in [-0.15, -0.1) is 0 Å². The van der Waals surface area contributed by atoms with Gasteiger partial charge in [-0.2, -0.15) is 10.2 Å². The number of nitrogens with one attached hydrogen (secondary N) is 2. The molecule has 2 heterocycles. The zero-order chi connectivity index (χ0) is 12.6. The van der Waals surface area contributed by atoms with Gasteiger partial charge in [0, 0.05) is 13.2 Å². The smallest absolute Gasteiger partial charge is 0.266 e. The Bertz CT molecular complexity index is 627. The van der Waals surface area contributed by atoms with E-state index in [1.807, 2.05) is 0 Å². The Morgan fingerprint density at radius 3 is 2.71 bits per heavy atom. The number of sulfonamides is 1. The number of H-pyrrole nitrogens is 1. The number of nitrogens with two attached hydrogens (primary N) is 1. The number of hydrogen-bond acceptors (Lipinski definition) is 5. The minimum atomic E-state index is -3.69. The highest BCUT2D eigenvalue weighted by molar-refractivity contribution is 7.92. The predicted octanol–water partition coefficient (Wildman–Crippen LogP) is -0.165. The molecule has 2 aromatic heterocycles. The highest BCUT2D eigenvalue weighted by atomic mass is 32.2. The van der Waals surface area contributed by atoms with E-state index in [1.165, 1.54) is 17.1 Å². The van der Waals surface area contributed by atoms with E-state index in [1.54, 1.807) is 14.0 Å². The van der Waals surface area contributed by atoms with E-state index in [4.69, 9.17) is 5.73 Å². The van der Waals surface area contributed by atoms with Gasteiger partial charge in [0.2, 0.25) is 0 Å². The summed E-state index contributed by atoms with van der Waals surface area (Å²) in [4.78, 5) is 0.0377. The van der Waals surface area contributed by atoms with Crippen LogP contribution in [0, 0.1) is 6.92 Å². The van der Waals surface area contributed by atoms with E-state index in [0.717, 1.165) is 0 Å². The molecule has 0 atom stereocenters. The SMILES string of the molecule is Cc1nn(C)c(NS(=O)(=O)c2cn[nH]c2)c1N. The Morgan fingerprint density at radius 1 is 1.53 bits per heavy atom. The van der Waals surface area contributed by atoms with E-state index in [9.17, 15) is 8.42 Å². The maximum absolute atomic E-state index is 11.9. The molecule has 0 aromatic carbocycles. The van der Waals surface area contributed by atoms with Crippen molar-refractivity contribution in [2.45, 2.75) is 11.8 Å². The van der Waals surface area contributed by atoms with E-state index >= 15 is 0 Å². The van der Waals surface area contributed by atoms with Gasteiger partial charge in [-0.05, 0) is 6.92 Å². The topological polar surface area (TPSA) is 119 Å². The first-order valence-electron chi connectivity index (χ1n) is 4.72. The van der Waals surface area contributed by atoms with Crippen molar-refractivity contribution in [2.75, 3.05) is 10.5 Å². The molecule has 0 saturated carbocycles. The molecule has 2 rings (SSSR count). The van der Waals surface area contributed by atoms with Crippen molar-refractivity contribution in [1.29, 1.82) is 0 Å². The summed E-state index contributed by atoms with van der Waals surface area (Å²) in [5.74, 6) is 0.240. The summed E-state index contributed by atoms with van der Waals surface area (Å²) in [6.45, 7) is 1.70. The molecule has 9 heteroatoms. The van der Waals surface area contributed by atoms with Gasteiger partial charge in [0.15, 0.2) is 5.82 Å². The summed E-state index contributed by atoms with van der Waals surface area (Å²) in [7, 11) is -2.08. The number of hydrogen-bond donors (Lipinski definition) is 3. The van der Waals surface area contributed by atoms with E-state index in [0.29, 0.717) is 11.4 Å². The number of rotatable bonds is 3. The molecule has 8 nitrogen and oxygen atoms in total. The summed E-state index contributed by atoms with van der Waals surface area (Å²) in [5, 5.41) is 10.0. The number of aromatic amines is 1. The fourth-order valence-corrected chi connectivity index (χ4v) is 2.38. The zero-order valence-corrected chi connectivity index (χ0v) is 10.1. The van der Waals surface area contributed by atoms with Gasteiger partial charge in [0.05, 0.1) is 17.6 Å². The van der Waals surface area contributed by atoms with Crippen molar-refractivity contribution in [2.24, 2.45) is 7.05 Å². The lowest BCUT2D eigenvalue weighted by molar-refractivity contribution is 0.600. The number of aromatic nitrogens is 4. The molecular weight excluding hydrogens is 244 g/mol. The first-order valence-corrected chi connectivity index (χ1v) is 6.21. The fourth-order valence-electron chi connectivity index (χ4n) is 1.37. The fraction of sp³-hybridized carbons (Fsp3) is 0.250. The van der Waals surface area contributed by atoms with Crippen LogP contribution < -0.4 is 10.5 Å². The van der Waals surface area contributed by atoms with Gasteiger partial charge >= 0.3 is 0 Å². The number of aryl methyl sites for hydroxylation is 2. The van der Waals surface area contributed by atoms with Crippen molar-refractivity contribution in [3.05, 3.63) is 18.1 Å². The maximum Gasteiger partial charge on any atom is 0.266 e. The molecule has 0 unspecified atom stereocenters. The zero-order valence-electron chi connectivity index (χ0n) is 9.30. The summed E-state index contributed by atoms with van der Waals surface area (Å²) in [6.07, 6.45) is 2.49. The van der Waals surface area contributed by atoms with Gasteiger partial charge in [0.25, 0.3) is 10.0 Å². The second-order valence-electron chi connectivity index (χ2n) is 3.51. The third-order valence-corrected chi connectivity index (χ3v) is 3.59. The van der Waals surface area contributed by atoms with Crippen molar-refractivity contribution in [1.82, 2.24) is 20.0 Å². The Hall–Kier alpha value is -2.03. The second-order valence-corrected chi connectivity index (χ2v) is 5.19. The standard InChI is InChI=1S/C8H12N6O2S/c1-5-7(9)8(14(2)12-5)13-17(15,16)6-3-10-11-4-6/h3-4,13H,9H2,1-2H3,(H,10,11). The van der Waals surface area contributed by atoms with Gasteiger partial charge < -0.3 is 5.73 Å². The molecule has 0 aliphatic carbocycles. The average molecular weight is 256 g/mol. The molecule has 0 fully saturated rings. The quantitative estimate of drug-likeness (QED) is 0.704. The van der Waals surface area contributed by atoms with Gasteiger partial charge in [-0.3, -0.25) is 9.82 Å². The highest BCUT2D eigenvalue weighted by Gasteiger charge is 2.20. The molecule has 0 saturated heterocycles. The van der Waals surface area contributed by atoms with Crippen LogP contribution in [-0.4, -0.2) is 28.4 Å². The lowest BCUT2D eigenvalue weighted by atomic mass is 10.4. The molecule has 92 valence electrons. The Balaban J connectivity index is 2.40. The van der Waals surface area contributed by atoms with Gasteiger partial charge in [-0.25, -0.2) is 13.1 Å². The molecule has 0 radical (unpaired) electrons. The second kappa shape index (κ2) is 3.77. The van der Waals surface area contributed by atoms with Crippen LogP contribution in [0.15, 0.2) is 17.3 Å². The van der Waals surface area contributed by atoms with Crippen molar-refractivity contribution in [3.8, 4) is 0 Å². The van der Waals surface area contributed by atoms with E-state index in [-0.39, 0.29) is 10.7 Å². The highest BCUT2D eigenvalue weighted by Crippen LogP contribution is 2.23. The van der Waals surface area contributed by atoms with Gasteiger partial charge in [0.1, 0.15) is 4.90 Å². The molecule has 0 aliphatic rings. The summed E-state index contributed by atoms with van der Waals surface area (Å²) < 4.78 is 27.6. The molecule has 0 bridgehead atoms. The lowest BCUT2D eigenvalue weighted by Crippen LogP contribution is -2.15. The number of nitrogens with zero attached hydrogens (tertiary/aromatic N) is 3. The minimum Gasteiger partial charge on any atom is -0.394 e. The van der Waals surface area contributed by atoms with Crippen molar-refractivity contribution < 1.29 is 8.42 Å². The summed E-state index contributed by atoms with van der Waals surface area (Å²) in [6, 6.07) is 0. The Labute approximate surface area is 97.9 Å². The third-order valence-electron chi connectivity index (χ3n) is 2.28. The van der Waals surface area contributed by atoms with Crippen LogP contribution in [0.2, 0.25) is 0 Å². The first-order chi connectivity index (χ1) is 7.92. The van der Waals surface area contributed by atoms with Crippen LogP contribution in [0.25, 0.3) is 0 Å². The third kappa shape index (κ3) is 1.96. The molecule has 0 aliphatic heterocycles. The first kappa shape index (κ1) is 11.5. The maximum atomic E-state index is 11.9. The molecular formula is C8H12N6O2S. The Morgan fingerprint density at radius 2 is 2.24 bits per heavy atom. The lowest BCUT2D eigenvalue weighted by Gasteiger charge is -2.06. The molecule has 4 N–H and O–H groups in total. The van der Waals surface area contributed by atoms with Crippen LogP contribution >= 0.6 is 0 Å². The van der Waals surface area contributed by atoms with Crippen LogP contribution in [-0.2, 0) is 17.1 Å². The van der Waals surface area contributed by atoms with E-state index in [2.05, 4.69) is 20.0 Å². The molecule has 17 heavy (non-hydrogen) atoms. The van der Waals surface area contributed by atoms with Crippen molar-refractivity contribution >= 4 is 21.5 Å². The van der Waals surface area contributed by atoms with Crippen LogP contribution in [0.1, 0.15) is 5.69 Å².